The van der Waals surface area contributed by atoms with Gasteiger partial charge in [0.15, 0.2) is 0 Å². The molecule has 0 radical (unpaired) electrons. The van der Waals surface area contributed by atoms with Crippen LogP contribution in [-0.2, 0) is 11.3 Å². The highest BCUT2D eigenvalue weighted by molar-refractivity contribution is 6.30. The molecule has 1 aliphatic rings. The molecule has 1 unspecified atom stereocenters. The van der Waals surface area contributed by atoms with Gasteiger partial charge in [-0.3, -0.25) is 14.8 Å². The van der Waals surface area contributed by atoms with Crippen LogP contribution in [0.5, 0.6) is 0 Å². The van der Waals surface area contributed by atoms with Crippen molar-refractivity contribution in [2.24, 2.45) is 0 Å². The maximum Gasteiger partial charge on any atom is 0.294 e. The first kappa shape index (κ1) is 14.8. The van der Waals surface area contributed by atoms with Crippen molar-refractivity contribution in [3.63, 3.8) is 0 Å². The van der Waals surface area contributed by atoms with E-state index in [-0.39, 0.29) is 11.8 Å². The van der Waals surface area contributed by atoms with E-state index < -0.39 is 4.92 Å². The number of nitrogens with one attached hydrogen (secondary N) is 1. The molecular formula is C14H15ClN4O3. The van der Waals surface area contributed by atoms with Gasteiger partial charge in [-0.25, -0.2) is 0 Å². The third-order valence-corrected chi connectivity index (χ3v) is 3.72. The zero-order valence-corrected chi connectivity index (χ0v) is 12.5. The quantitative estimate of drug-likeness (QED) is 0.674. The standard InChI is InChI=1S/C14H15ClN4O3/c15-10-3-4-13(14(6-10)19(20)21)17-11-7-16-18(8-11)9-12-2-1-5-22-12/h3-4,6-8,12,17H,1-2,5,9H2. The van der Waals surface area contributed by atoms with Gasteiger partial charge < -0.3 is 10.1 Å². The van der Waals surface area contributed by atoms with Crippen molar-refractivity contribution in [2.75, 3.05) is 11.9 Å². The summed E-state index contributed by atoms with van der Waals surface area (Å²) in [5.74, 6) is 0. The van der Waals surface area contributed by atoms with Gasteiger partial charge in [-0.1, -0.05) is 11.6 Å². The fourth-order valence-corrected chi connectivity index (χ4v) is 2.61. The molecule has 1 atom stereocenters. The molecule has 8 heteroatoms. The van der Waals surface area contributed by atoms with Crippen molar-refractivity contribution >= 4 is 28.7 Å². The molecule has 116 valence electrons. The van der Waals surface area contributed by atoms with Gasteiger partial charge >= 0.3 is 0 Å². The Labute approximate surface area is 132 Å². The number of nitrogens with zero attached hydrogens (tertiary/aromatic N) is 3. The topological polar surface area (TPSA) is 82.2 Å². The van der Waals surface area contributed by atoms with Crippen molar-refractivity contribution in [1.29, 1.82) is 0 Å². The molecule has 3 rings (SSSR count). The van der Waals surface area contributed by atoms with Crippen molar-refractivity contribution in [3.8, 4) is 0 Å². The van der Waals surface area contributed by atoms with Crippen LogP contribution in [0.1, 0.15) is 12.8 Å². The maximum atomic E-state index is 11.1. The van der Waals surface area contributed by atoms with Gasteiger partial charge in [-0.15, -0.1) is 0 Å². The maximum absolute atomic E-state index is 11.1. The zero-order chi connectivity index (χ0) is 15.5. The second kappa shape index (κ2) is 6.33. The molecule has 1 N–H and O–H groups in total. The minimum Gasteiger partial charge on any atom is -0.376 e. The fraction of sp³-hybridized carbons (Fsp3) is 0.357. The van der Waals surface area contributed by atoms with E-state index in [1.807, 2.05) is 0 Å². The van der Waals surface area contributed by atoms with Crippen LogP contribution < -0.4 is 5.32 Å². The fourth-order valence-electron chi connectivity index (χ4n) is 2.44. The molecule has 0 aliphatic carbocycles. The third-order valence-electron chi connectivity index (χ3n) is 3.48. The lowest BCUT2D eigenvalue weighted by Gasteiger charge is -2.08. The van der Waals surface area contributed by atoms with Crippen LogP contribution in [0.25, 0.3) is 0 Å². The molecule has 22 heavy (non-hydrogen) atoms. The predicted molar refractivity (Wildman–Crippen MR) is 82.6 cm³/mol. The molecule has 1 aromatic carbocycles. The Hall–Kier alpha value is -2.12. The number of halogens is 1. The van der Waals surface area contributed by atoms with E-state index in [1.165, 1.54) is 6.07 Å². The molecule has 0 saturated carbocycles. The summed E-state index contributed by atoms with van der Waals surface area (Å²) < 4.78 is 7.34. The summed E-state index contributed by atoms with van der Waals surface area (Å²) in [5, 5.41) is 18.6. The predicted octanol–water partition coefficient (Wildman–Crippen LogP) is 3.37. The number of nitro benzene ring substituents is 1. The number of hydrogen-bond acceptors (Lipinski definition) is 5. The van der Waals surface area contributed by atoms with Crippen molar-refractivity contribution < 1.29 is 9.66 Å². The van der Waals surface area contributed by atoms with Gasteiger partial charge in [0.2, 0.25) is 0 Å². The highest BCUT2D eigenvalue weighted by atomic mass is 35.5. The van der Waals surface area contributed by atoms with Gasteiger partial charge in [0, 0.05) is 23.9 Å². The van der Waals surface area contributed by atoms with Crippen LogP contribution in [0.2, 0.25) is 5.02 Å². The average Bonchev–Trinajstić information content (AvgIpc) is 3.13. The first-order valence-electron chi connectivity index (χ1n) is 6.97. The van der Waals surface area contributed by atoms with Crippen LogP contribution in [0, 0.1) is 10.1 Å². The van der Waals surface area contributed by atoms with E-state index in [1.54, 1.807) is 29.2 Å². The Morgan fingerprint density at radius 1 is 1.55 bits per heavy atom. The summed E-state index contributed by atoms with van der Waals surface area (Å²) in [5.41, 5.74) is 0.994. The number of hydrogen-bond donors (Lipinski definition) is 1. The second-order valence-electron chi connectivity index (χ2n) is 5.13. The van der Waals surface area contributed by atoms with E-state index >= 15 is 0 Å². The van der Waals surface area contributed by atoms with E-state index in [2.05, 4.69) is 10.4 Å². The zero-order valence-electron chi connectivity index (χ0n) is 11.7. The largest absolute Gasteiger partial charge is 0.376 e. The molecule has 1 fully saturated rings. The molecule has 0 spiro atoms. The van der Waals surface area contributed by atoms with Gasteiger partial charge in [-0.2, -0.15) is 5.10 Å². The molecule has 1 saturated heterocycles. The number of rotatable bonds is 5. The third kappa shape index (κ3) is 3.37. The van der Waals surface area contributed by atoms with Crippen LogP contribution in [0.4, 0.5) is 17.1 Å². The van der Waals surface area contributed by atoms with Crippen LogP contribution in [0.15, 0.2) is 30.6 Å². The van der Waals surface area contributed by atoms with Gasteiger partial charge in [-0.05, 0) is 25.0 Å². The van der Waals surface area contributed by atoms with Gasteiger partial charge in [0.05, 0.1) is 29.5 Å². The molecule has 0 bridgehead atoms. The number of anilines is 2. The molecule has 1 aromatic heterocycles. The summed E-state index contributed by atoms with van der Waals surface area (Å²) in [4.78, 5) is 10.6. The van der Waals surface area contributed by atoms with E-state index in [0.717, 1.165) is 19.4 Å². The highest BCUT2D eigenvalue weighted by Crippen LogP contribution is 2.30. The average molecular weight is 323 g/mol. The summed E-state index contributed by atoms with van der Waals surface area (Å²) in [6.07, 6.45) is 5.74. The Bertz CT molecular complexity index is 682. The van der Waals surface area contributed by atoms with Crippen molar-refractivity contribution in [3.05, 3.63) is 45.7 Å². The smallest absolute Gasteiger partial charge is 0.294 e. The normalized spacial score (nSPS) is 17.6. The lowest BCUT2D eigenvalue weighted by Crippen LogP contribution is -2.15. The lowest BCUT2D eigenvalue weighted by atomic mass is 10.2. The molecule has 0 amide bonds. The summed E-state index contributed by atoms with van der Waals surface area (Å²) in [6, 6.07) is 4.51. The van der Waals surface area contributed by atoms with Crippen LogP contribution in [-0.4, -0.2) is 27.4 Å². The highest BCUT2D eigenvalue weighted by Gasteiger charge is 2.17. The van der Waals surface area contributed by atoms with Crippen LogP contribution >= 0.6 is 11.6 Å². The van der Waals surface area contributed by atoms with E-state index in [9.17, 15) is 10.1 Å². The molecular weight excluding hydrogens is 308 g/mol. The SMILES string of the molecule is O=[N+]([O-])c1cc(Cl)ccc1Nc1cnn(CC2CCCO2)c1. The number of nitro groups is 1. The lowest BCUT2D eigenvalue weighted by molar-refractivity contribution is -0.383. The summed E-state index contributed by atoms with van der Waals surface area (Å²) >= 11 is 5.80. The monoisotopic (exact) mass is 322 g/mol. The van der Waals surface area contributed by atoms with Crippen molar-refractivity contribution in [1.82, 2.24) is 9.78 Å². The van der Waals surface area contributed by atoms with Gasteiger partial charge in [0.1, 0.15) is 5.69 Å². The Morgan fingerprint density at radius 3 is 3.14 bits per heavy atom. The molecule has 7 nitrogen and oxygen atoms in total. The van der Waals surface area contributed by atoms with Gasteiger partial charge in [0.25, 0.3) is 5.69 Å². The Kier molecular flexibility index (Phi) is 4.26. The van der Waals surface area contributed by atoms with E-state index in [4.69, 9.17) is 16.3 Å². The second-order valence-corrected chi connectivity index (χ2v) is 5.57. The Balaban J connectivity index is 1.73. The molecule has 2 heterocycles. The summed E-state index contributed by atoms with van der Waals surface area (Å²) in [6.45, 7) is 1.48. The number of benzene rings is 1. The van der Waals surface area contributed by atoms with E-state index in [0.29, 0.717) is 22.9 Å². The molecule has 2 aromatic rings. The number of ether oxygens (including phenoxy) is 1. The minimum absolute atomic E-state index is 0.0700. The molecule has 1 aliphatic heterocycles. The summed E-state index contributed by atoms with van der Waals surface area (Å²) in [7, 11) is 0. The first-order valence-corrected chi connectivity index (χ1v) is 7.34. The minimum atomic E-state index is -0.467. The first-order chi connectivity index (χ1) is 10.6. The number of aromatic nitrogens is 2. The Morgan fingerprint density at radius 2 is 2.41 bits per heavy atom. The van der Waals surface area contributed by atoms with Crippen LogP contribution in [0.3, 0.4) is 0 Å². The van der Waals surface area contributed by atoms with Crippen molar-refractivity contribution in [2.45, 2.75) is 25.5 Å².